The Hall–Kier alpha value is -2.33. The number of nitrogens with zero attached hydrogens (tertiary/aromatic N) is 4. The molecule has 9 heteroatoms. The van der Waals surface area contributed by atoms with Crippen LogP contribution < -0.4 is 4.72 Å². The van der Waals surface area contributed by atoms with Crippen LogP contribution in [-0.2, 0) is 21.4 Å². The molecule has 0 aliphatic heterocycles. The lowest BCUT2D eigenvalue weighted by Gasteiger charge is -2.42. The summed E-state index contributed by atoms with van der Waals surface area (Å²) in [5.41, 5.74) is 2.74. The van der Waals surface area contributed by atoms with Gasteiger partial charge in [0.15, 0.2) is 11.5 Å². The average Bonchev–Trinajstić information content (AvgIpc) is 3.18. The van der Waals surface area contributed by atoms with Gasteiger partial charge < -0.3 is 9.64 Å². The average molecular weight is 472 g/mol. The normalized spacial score (nSPS) is 19.6. The highest BCUT2D eigenvalue weighted by molar-refractivity contribution is 7.90. The van der Waals surface area contributed by atoms with Crippen LogP contribution in [0.4, 0.5) is 0 Å². The van der Waals surface area contributed by atoms with Gasteiger partial charge in [0.25, 0.3) is 0 Å². The number of hydrogen-bond donors (Lipinski definition) is 1. The van der Waals surface area contributed by atoms with Crippen molar-refractivity contribution in [3.05, 3.63) is 65.6 Å². The second-order valence-corrected chi connectivity index (χ2v) is 10.7. The van der Waals surface area contributed by atoms with Crippen molar-refractivity contribution in [1.82, 2.24) is 24.2 Å². The molecular formula is C24H33N5O3S. The molecule has 4 rings (SSSR count). The topological polar surface area (TPSA) is 88.8 Å². The first-order valence-corrected chi connectivity index (χ1v) is 13.1. The van der Waals surface area contributed by atoms with Gasteiger partial charge in [0.1, 0.15) is 6.04 Å². The van der Waals surface area contributed by atoms with Crippen molar-refractivity contribution in [2.45, 2.75) is 57.6 Å². The minimum Gasteiger partial charge on any atom is -0.375 e. The molecule has 1 unspecified atom stereocenters. The number of aryl methyl sites for hydroxylation is 1. The molecule has 2 heterocycles. The fraction of sp³-hybridized carbons (Fsp3) is 0.500. The van der Waals surface area contributed by atoms with Gasteiger partial charge in [0, 0.05) is 12.2 Å². The Morgan fingerprint density at radius 3 is 2.55 bits per heavy atom. The SMILES string of the molecule is CCN(CC)C1CC(S(=O)(=O)NC(COCc2ccccc2)c2nnc3ccc(C)cn23)C1. The largest absolute Gasteiger partial charge is 0.375 e. The van der Waals surface area contributed by atoms with Crippen LogP contribution in [-0.4, -0.2) is 58.9 Å². The molecule has 0 radical (unpaired) electrons. The zero-order chi connectivity index (χ0) is 23.4. The molecule has 8 nitrogen and oxygen atoms in total. The summed E-state index contributed by atoms with van der Waals surface area (Å²) in [6.45, 7) is 8.63. The summed E-state index contributed by atoms with van der Waals surface area (Å²) in [6, 6.07) is 13.4. The van der Waals surface area contributed by atoms with E-state index >= 15 is 0 Å². The van der Waals surface area contributed by atoms with Crippen LogP contribution in [0.1, 0.15) is 49.7 Å². The van der Waals surface area contributed by atoms with Crippen LogP contribution in [0.15, 0.2) is 48.7 Å². The highest BCUT2D eigenvalue weighted by Gasteiger charge is 2.42. The van der Waals surface area contributed by atoms with E-state index in [1.807, 2.05) is 60.0 Å². The number of benzene rings is 1. The van der Waals surface area contributed by atoms with Crippen LogP contribution in [0, 0.1) is 6.92 Å². The van der Waals surface area contributed by atoms with E-state index in [0.717, 1.165) is 24.2 Å². The standard InChI is InChI=1S/C24H33N5O3S/c1-4-28(5-2)20-13-21(14-20)33(30,31)27-22(17-32-16-19-9-7-6-8-10-19)24-26-25-23-12-11-18(3)15-29(23)24/h6-12,15,20-22,27H,4-5,13-14,16-17H2,1-3H3. The van der Waals surface area contributed by atoms with Gasteiger partial charge in [-0.3, -0.25) is 4.40 Å². The van der Waals surface area contributed by atoms with E-state index < -0.39 is 21.3 Å². The Balaban J connectivity index is 1.51. The molecule has 33 heavy (non-hydrogen) atoms. The van der Waals surface area contributed by atoms with E-state index in [0.29, 0.717) is 37.0 Å². The Morgan fingerprint density at radius 2 is 1.85 bits per heavy atom. The molecular weight excluding hydrogens is 438 g/mol. The number of aromatic nitrogens is 3. The van der Waals surface area contributed by atoms with E-state index in [1.54, 1.807) is 0 Å². The Kier molecular flexibility index (Phi) is 7.43. The van der Waals surface area contributed by atoms with Gasteiger partial charge in [-0.05, 0) is 50.0 Å². The smallest absolute Gasteiger partial charge is 0.215 e. The number of rotatable bonds is 11. The minimum absolute atomic E-state index is 0.162. The van der Waals surface area contributed by atoms with Gasteiger partial charge in [-0.25, -0.2) is 13.1 Å². The maximum atomic E-state index is 13.3. The fourth-order valence-corrected chi connectivity index (χ4v) is 6.12. The van der Waals surface area contributed by atoms with Crippen LogP contribution in [0.25, 0.3) is 5.65 Å². The highest BCUT2D eigenvalue weighted by atomic mass is 32.2. The number of ether oxygens (including phenoxy) is 1. The van der Waals surface area contributed by atoms with Crippen molar-refractivity contribution in [2.75, 3.05) is 19.7 Å². The molecule has 0 saturated heterocycles. The molecule has 1 aromatic carbocycles. The zero-order valence-corrected chi connectivity index (χ0v) is 20.3. The van der Waals surface area contributed by atoms with E-state index in [9.17, 15) is 8.42 Å². The summed E-state index contributed by atoms with van der Waals surface area (Å²) < 4.78 is 37.2. The molecule has 3 aromatic rings. The molecule has 1 aliphatic carbocycles. The molecule has 1 N–H and O–H groups in total. The van der Waals surface area contributed by atoms with Crippen molar-refractivity contribution < 1.29 is 13.2 Å². The molecule has 0 bridgehead atoms. The predicted octanol–water partition coefficient (Wildman–Crippen LogP) is 3.09. The second-order valence-electron chi connectivity index (χ2n) is 8.68. The third-order valence-electron chi connectivity index (χ3n) is 6.43. The van der Waals surface area contributed by atoms with Gasteiger partial charge in [-0.2, -0.15) is 0 Å². The zero-order valence-electron chi connectivity index (χ0n) is 19.5. The van der Waals surface area contributed by atoms with Gasteiger partial charge in [0.2, 0.25) is 10.0 Å². The van der Waals surface area contributed by atoms with Crippen molar-refractivity contribution in [3.8, 4) is 0 Å². The van der Waals surface area contributed by atoms with E-state index in [-0.39, 0.29) is 6.61 Å². The van der Waals surface area contributed by atoms with Crippen LogP contribution in [0.2, 0.25) is 0 Å². The predicted molar refractivity (Wildman–Crippen MR) is 128 cm³/mol. The fourth-order valence-electron chi connectivity index (χ4n) is 4.41. The Morgan fingerprint density at radius 1 is 1.12 bits per heavy atom. The van der Waals surface area contributed by atoms with Gasteiger partial charge >= 0.3 is 0 Å². The summed E-state index contributed by atoms with van der Waals surface area (Å²) in [6.07, 6.45) is 3.21. The molecule has 0 amide bonds. The third-order valence-corrected chi connectivity index (χ3v) is 8.30. The first kappa shape index (κ1) is 23.8. The quantitative estimate of drug-likeness (QED) is 0.462. The Labute approximate surface area is 196 Å². The number of pyridine rings is 1. The first-order chi connectivity index (χ1) is 15.9. The molecule has 1 saturated carbocycles. The van der Waals surface area contributed by atoms with E-state index in [2.05, 4.69) is 33.7 Å². The molecule has 1 fully saturated rings. The number of nitrogens with one attached hydrogen (secondary N) is 1. The van der Waals surface area contributed by atoms with Crippen LogP contribution in [0.5, 0.6) is 0 Å². The summed E-state index contributed by atoms with van der Waals surface area (Å²) in [5.74, 6) is 0.532. The van der Waals surface area contributed by atoms with Crippen molar-refractivity contribution in [3.63, 3.8) is 0 Å². The second kappa shape index (κ2) is 10.3. The summed E-state index contributed by atoms with van der Waals surface area (Å²) >= 11 is 0. The molecule has 1 aliphatic rings. The molecule has 178 valence electrons. The third kappa shape index (κ3) is 5.43. The van der Waals surface area contributed by atoms with Crippen molar-refractivity contribution in [2.24, 2.45) is 0 Å². The minimum atomic E-state index is -3.54. The van der Waals surface area contributed by atoms with E-state index in [1.165, 1.54) is 0 Å². The van der Waals surface area contributed by atoms with Gasteiger partial charge in [0.05, 0.1) is 18.5 Å². The molecule has 1 atom stereocenters. The lowest BCUT2D eigenvalue weighted by Crippen LogP contribution is -2.53. The summed E-state index contributed by atoms with van der Waals surface area (Å²) in [5, 5.41) is 8.14. The number of hydrogen-bond acceptors (Lipinski definition) is 6. The van der Waals surface area contributed by atoms with Gasteiger partial charge in [-0.1, -0.05) is 50.2 Å². The molecule has 0 spiro atoms. The van der Waals surface area contributed by atoms with Gasteiger partial charge in [-0.15, -0.1) is 10.2 Å². The summed E-state index contributed by atoms with van der Waals surface area (Å²) in [7, 11) is -3.54. The van der Waals surface area contributed by atoms with Crippen molar-refractivity contribution in [1.29, 1.82) is 0 Å². The highest BCUT2D eigenvalue weighted by Crippen LogP contribution is 2.32. The van der Waals surface area contributed by atoms with Crippen LogP contribution >= 0.6 is 0 Å². The van der Waals surface area contributed by atoms with Crippen LogP contribution in [0.3, 0.4) is 0 Å². The Bertz CT molecular complexity index is 1160. The van der Waals surface area contributed by atoms with E-state index in [4.69, 9.17) is 4.74 Å². The lowest BCUT2D eigenvalue weighted by atomic mass is 9.91. The number of fused-ring (bicyclic) bond motifs is 1. The maximum Gasteiger partial charge on any atom is 0.215 e. The maximum absolute atomic E-state index is 13.3. The van der Waals surface area contributed by atoms with Crippen molar-refractivity contribution >= 4 is 15.7 Å². The first-order valence-electron chi connectivity index (χ1n) is 11.6. The monoisotopic (exact) mass is 471 g/mol. The number of sulfonamides is 1. The molecule has 2 aromatic heterocycles. The lowest BCUT2D eigenvalue weighted by molar-refractivity contribution is 0.101. The summed E-state index contributed by atoms with van der Waals surface area (Å²) in [4.78, 5) is 2.32.